The van der Waals surface area contributed by atoms with Crippen molar-refractivity contribution in [1.29, 1.82) is 0 Å². The third kappa shape index (κ3) is 11.2. The van der Waals surface area contributed by atoms with Crippen LogP contribution < -0.4 is 14.6 Å². The van der Waals surface area contributed by atoms with Crippen LogP contribution in [0.25, 0.3) is 6.08 Å². The van der Waals surface area contributed by atoms with Crippen LogP contribution in [0.4, 0.5) is 4.79 Å². The van der Waals surface area contributed by atoms with Gasteiger partial charge in [-0.15, -0.1) is 0 Å². The van der Waals surface area contributed by atoms with E-state index in [1.54, 1.807) is 12.1 Å². The van der Waals surface area contributed by atoms with E-state index in [9.17, 15) is 14.2 Å². The number of hydrogen-bond acceptors (Lipinski definition) is 9. The van der Waals surface area contributed by atoms with Gasteiger partial charge in [-0.3, -0.25) is 14.4 Å². The predicted octanol–water partition coefficient (Wildman–Crippen LogP) is 8.63. The highest BCUT2D eigenvalue weighted by atomic mass is 31.2. The maximum atomic E-state index is 14.2. The minimum absolute atomic E-state index is 0.00335. The van der Waals surface area contributed by atoms with Gasteiger partial charge in [-0.05, 0) is 46.0 Å². The number of methoxy groups -OCH3 is 1. The topological polar surface area (TPSA) is 119 Å². The Morgan fingerprint density at radius 3 is 1.60 bits per heavy atom. The molecule has 0 aliphatic rings. The summed E-state index contributed by atoms with van der Waals surface area (Å²) in [4.78, 5) is 25.3. The lowest BCUT2D eigenvalue weighted by Crippen LogP contribution is -2.28. The summed E-state index contributed by atoms with van der Waals surface area (Å²) in [5, 5.41) is 2.45. The van der Waals surface area contributed by atoms with Crippen molar-refractivity contribution < 1.29 is 41.9 Å². The summed E-state index contributed by atoms with van der Waals surface area (Å²) in [6.45, 7) is 0.0621. The number of nitrogens with one attached hydrogen (secondary N) is 1. The van der Waals surface area contributed by atoms with Crippen molar-refractivity contribution >= 4 is 26.0 Å². The maximum absolute atomic E-state index is 14.2. The largest absolute Gasteiger partial charge is 0.530 e. The van der Waals surface area contributed by atoms with Crippen LogP contribution in [0.1, 0.15) is 27.8 Å². The molecule has 0 heterocycles. The second-order valence-corrected chi connectivity index (χ2v) is 12.4. The zero-order chi connectivity index (χ0) is 35.0. The fraction of sp³-hybridized carbons (Fsp3) is 0.128. The molecule has 0 atom stereocenters. The number of carbonyl (C=O) groups excluding carboxylic acids is 2. The van der Waals surface area contributed by atoms with Gasteiger partial charge in [-0.25, -0.2) is 14.2 Å². The second kappa shape index (κ2) is 18.2. The number of phosphoric ester groups is 1. The normalized spacial score (nSPS) is 11.3. The van der Waals surface area contributed by atoms with Gasteiger partial charge in [0.15, 0.2) is 11.5 Å². The van der Waals surface area contributed by atoms with E-state index in [4.69, 9.17) is 27.8 Å². The first-order valence-corrected chi connectivity index (χ1v) is 17.1. The first-order valence-electron chi connectivity index (χ1n) is 15.6. The smallest absolute Gasteiger partial charge is 0.485 e. The molecule has 0 aromatic heterocycles. The molecule has 0 radical (unpaired) electrons. The number of amides is 1. The number of benzene rings is 5. The molecule has 0 spiro atoms. The number of esters is 1. The van der Waals surface area contributed by atoms with E-state index in [-0.39, 0.29) is 43.6 Å². The molecule has 5 rings (SSSR count). The highest BCUT2D eigenvalue weighted by Crippen LogP contribution is 2.53. The minimum atomic E-state index is -4.25. The zero-order valence-corrected chi connectivity index (χ0v) is 28.2. The summed E-state index contributed by atoms with van der Waals surface area (Å²) in [5.41, 5.74) is 3.42. The first-order chi connectivity index (χ1) is 24.4. The molecule has 5 aromatic carbocycles. The standard InChI is InChI=1S/C39H36NO9P/c1-44-38(41)35(40-39(42)46-27-31-16-8-3-9-17-31)24-34-22-23-36(37(25-34)45-26-30-14-6-2-7-15-30)49-50(43,47-28-32-18-10-4-11-19-32)48-29-33-20-12-5-13-21-33/h2-25H,26-29H2,1H3,(H,40,42)/b35-24-. The van der Waals surface area contributed by atoms with E-state index >= 15 is 0 Å². The van der Waals surface area contributed by atoms with Gasteiger partial charge in [0.25, 0.3) is 0 Å². The number of alkyl carbamates (subject to hydrolysis) is 1. The molecule has 0 aliphatic heterocycles. The zero-order valence-electron chi connectivity index (χ0n) is 27.3. The van der Waals surface area contributed by atoms with E-state index in [2.05, 4.69) is 5.32 Å². The number of rotatable bonds is 16. The van der Waals surface area contributed by atoms with Gasteiger partial charge in [0.1, 0.15) is 18.9 Å². The first kappa shape index (κ1) is 35.6. The summed E-state index contributed by atoms with van der Waals surface area (Å²) >= 11 is 0. The van der Waals surface area contributed by atoms with Gasteiger partial charge in [0, 0.05) is 0 Å². The molecule has 50 heavy (non-hydrogen) atoms. The van der Waals surface area contributed by atoms with Gasteiger partial charge in [0.2, 0.25) is 0 Å². The Hall–Kier alpha value is -5.67. The molecule has 0 fully saturated rings. The Balaban J connectivity index is 1.41. The average Bonchev–Trinajstić information content (AvgIpc) is 3.16. The maximum Gasteiger partial charge on any atom is 0.530 e. The Morgan fingerprint density at radius 1 is 0.620 bits per heavy atom. The van der Waals surface area contributed by atoms with Crippen molar-refractivity contribution in [3.63, 3.8) is 0 Å². The molecular weight excluding hydrogens is 657 g/mol. The summed E-state index contributed by atoms with van der Waals surface area (Å²) in [7, 11) is -3.06. The fourth-order valence-electron chi connectivity index (χ4n) is 4.50. The van der Waals surface area contributed by atoms with Crippen LogP contribution in [0.15, 0.2) is 145 Å². The quantitative estimate of drug-likeness (QED) is 0.0616. The van der Waals surface area contributed by atoms with Gasteiger partial charge in [0.05, 0.1) is 20.3 Å². The predicted molar refractivity (Wildman–Crippen MR) is 188 cm³/mol. The molecule has 1 amide bonds. The minimum Gasteiger partial charge on any atom is -0.485 e. The molecule has 11 heteroatoms. The Labute approximate surface area is 290 Å². The molecule has 256 valence electrons. The molecule has 0 saturated carbocycles. The van der Waals surface area contributed by atoms with E-state index in [1.165, 1.54) is 19.3 Å². The van der Waals surface area contributed by atoms with Crippen molar-refractivity contribution in [3.8, 4) is 11.5 Å². The van der Waals surface area contributed by atoms with Crippen molar-refractivity contribution in [3.05, 3.63) is 173 Å². The van der Waals surface area contributed by atoms with Gasteiger partial charge >= 0.3 is 19.9 Å². The molecular formula is C39H36NO9P. The molecule has 10 nitrogen and oxygen atoms in total. The Kier molecular flexibility index (Phi) is 13.0. The summed E-state index contributed by atoms with van der Waals surface area (Å²) in [6.07, 6.45) is 0.546. The number of ether oxygens (including phenoxy) is 3. The molecule has 5 aromatic rings. The van der Waals surface area contributed by atoms with Crippen molar-refractivity contribution in [1.82, 2.24) is 5.32 Å². The van der Waals surface area contributed by atoms with Crippen molar-refractivity contribution in [2.45, 2.75) is 26.4 Å². The summed E-state index contributed by atoms with van der Waals surface area (Å²) in [5.74, 6) is -0.565. The molecule has 1 N–H and O–H groups in total. The van der Waals surface area contributed by atoms with Crippen molar-refractivity contribution in [2.24, 2.45) is 0 Å². The van der Waals surface area contributed by atoms with Gasteiger partial charge in [-0.1, -0.05) is 127 Å². The SMILES string of the molecule is COC(=O)/C(=C/c1ccc(OP(=O)(OCc2ccccc2)OCc2ccccc2)c(OCc2ccccc2)c1)NC(=O)OCc1ccccc1. The number of carbonyl (C=O) groups is 2. The summed E-state index contributed by atoms with van der Waals surface area (Å²) < 4.78 is 48.2. The number of phosphoric acid groups is 1. The number of hydrogen-bond donors (Lipinski definition) is 1. The van der Waals surface area contributed by atoms with E-state index < -0.39 is 19.9 Å². The molecule has 0 bridgehead atoms. The van der Waals surface area contributed by atoms with Crippen LogP contribution in [-0.2, 0) is 54.3 Å². The highest BCUT2D eigenvalue weighted by molar-refractivity contribution is 7.48. The Morgan fingerprint density at radius 2 is 1.10 bits per heavy atom. The van der Waals surface area contributed by atoms with Crippen LogP contribution in [0.2, 0.25) is 0 Å². The average molecular weight is 694 g/mol. The lowest BCUT2D eigenvalue weighted by atomic mass is 10.1. The third-order valence-corrected chi connectivity index (χ3v) is 8.36. The second-order valence-electron chi connectivity index (χ2n) is 10.8. The van der Waals surface area contributed by atoms with E-state index in [0.717, 1.165) is 22.3 Å². The lowest BCUT2D eigenvalue weighted by molar-refractivity contribution is -0.136. The van der Waals surface area contributed by atoms with E-state index in [0.29, 0.717) is 5.56 Å². The molecule has 0 saturated heterocycles. The van der Waals surface area contributed by atoms with Gasteiger partial charge in [-0.2, -0.15) is 0 Å². The van der Waals surface area contributed by atoms with Crippen LogP contribution in [0, 0.1) is 0 Å². The van der Waals surface area contributed by atoms with E-state index in [1.807, 2.05) is 121 Å². The van der Waals surface area contributed by atoms with Crippen LogP contribution in [0.5, 0.6) is 11.5 Å². The van der Waals surface area contributed by atoms with Crippen LogP contribution in [-0.4, -0.2) is 19.2 Å². The highest BCUT2D eigenvalue weighted by Gasteiger charge is 2.31. The lowest BCUT2D eigenvalue weighted by Gasteiger charge is -2.21. The summed E-state index contributed by atoms with van der Waals surface area (Å²) in [6, 6.07) is 41.7. The van der Waals surface area contributed by atoms with Gasteiger partial charge < -0.3 is 18.7 Å². The molecule has 0 unspecified atom stereocenters. The molecule has 0 aliphatic carbocycles. The van der Waals surface area contributed by atoms with Crippen molar-refractivity contribution in [2.75, 3.05) is 7.11 Å². The fourth-order valence-corrected chi connectivity index (χ4v) is 5.68. The Bertz CT molecular complexity index is 1860. The van der Waals surface area contributed by atoms with Crippen LogP contribution >= 0.6 is 7.82 Å². The third-order valence-electron chi connectivity index (χ3n) is 7.05. The monoisotopic (exact) mass is 693 g/mol. The van der Waals surface area contributed by atoms with Crippen LogP contribution in [0.3, 0.4) is 0 Å².